The minimum atomic E-state index is -0.777. The minimum absolute atomic E-state index is 0.231. The SMILES string of the molecule is CCC(C)(O)Cc1ccc(OC)c(F)c1. The van der Waals surface area contributed by atoms with Gasteiger partial charge in [0.1, 0.15) is 0 Å². The van der Waals surface area contributed by atoms with Gasteiger partial charge in [-0.05, 0) is 31.0 Å². The monoisotopic (exact) mass is 212 g/mol. The number of ether oxygens (including phenoxy) is 1. The first-order valence-electron chi connectivity index (χ1n) is 5.03. The molecule has 0 saturated carbocycles. The zero-order valence-corrected chi connectivity index (χ0v) is 9.38. The van der Waals surface area contributed by atoms with E-state index in [1.165, 1.54) is 13.2 Å². The lowest BCUT2D eigenvalue weighted by Crippen LogP contribution is -2.25. The number of hydrogen-bond donors (Lipinski definition) is 1. The van der Waals surface area contributed by atoms with E-state index in [2.05, 4.69) is 0 Å². The first-order chi connectivity index (χ1) is 6.98. The molecule has 1 rings (SSSR count). The van der Waals surface area contributed by atoms with E-state index in [-0.39, 0.29) is 11.6 Å². The quantitative estimate of drug-likeness (QED) is 0.831. The summed E-state index contributed by atoms with van der Waals surface area (Å²) in [6.45, 7) is 3.65. The summed E-state index contributed by atoms with van der Waals surface area (Å²) in [7, 11) is 1.43. The van der Waals surface area contributed by atoms with Crippen molar-refractivity contribution in [1.82, 2.24) is 0 Å². The van der Waals surface area contributed by atoms with Crippen molar-refractivity contribution in [3.63, 3.8) is 0 Å². The molecule has 15 heavy (non-hydrogen) atoms. The smallest absolute Gasteiger partial charge is 0.165 e. The van der Waals surface area contributed by atoms with Crippen LogP contribution in [-0.2, 0) is 6.42 Å². The third kappa shape index (κ3) is 3.20. The summed E-state index contributed by atoms with van der Waals surface area (Å²) >= 11 is 0. The summed E-state index contributed by atoms with van der Waals surface area (Å²) < 4.78 is 18.1. The first kappa shape index (κ1) is 12.0. The van der Waals surface area contributed by atoms with Gasteiger partial charge in [0, 0.05) is 6.42 Å². The van der Waals surface area contributed by atoms with Crippen LogP contribution in [0, 0.1) is 5.82 Å². The van der Waals surface area contributed by atoms with E-state index in [1.54, 1.807) is 19.1 Å². The predicted molar refractivity (Wildman–Crippen MR) is 57.6 cm³/mol. The van der Waals surface area contributed by atoms with Crippen molar-refractivity contribution in [2.45, 2.75) is 32.3 Å². The van der Waals surface area contributed by atoms with Gasteiger partial charge in [-0.2, -0.15) is 0 Å². The van der Waals surface area contributed by atoms with Crippen molar-refractivity contribution >= 4 is 0 Å². The normalized spacial score (nSPS) is 14.7. The van der Waals surface area contributed by atoms with Gasteiger partial charge in [0.25, 0.3) is 0 Å². The molecule has 0 radical (unpaired) electrons. The standard InChI is InChI=1S/C12H17FO2/c1-4-12(2,14)8-9-5-6-11(15-3)10(13)7-9/h5-7,14H,4,8H2,1-3H3. The maximum Gasteiger partial charge on any atom is 0.165 e. The highest BCUT2D eigenvalue weighted by molar-refractivity contribution is 5.29. The molecule has 0 saturated heterocycles. The van der Waals surface area contributed by atoms with Crippen molar-refractivity contribution in [3.05, 3.63) is 29.6 Å². The van der Waals surface area contributed by atoms with Gasteiger partial charge in [0.05, 0.1) is 12.7 Å². The van der Waals surface area contributed by atoms with Crippen LogP contribution < -0.4 is 4.74 Å². The largest absolute Gasteiger partial charge is 0.494 e. The van der Waals surface area contributed by atoms with Gasteiger partial charge in [-0.3, -0.25) is 0 Å². The van der Waals surface area contributed by atoms with Crippen LogP contribution in [0.2, 0.25) is 0 Å². The molecule has 1 atom stereocenters. The van der Waals surface area contributed by atoms with E-state index >= 15 is 0 Å². The van der Waals surface area contributed by atoms with Crippen LogP contribution in [0.3, 0.4) is 0 Å². The number of rotatable bonds is 4. The Labute approximate surface area is 89.7 Å². The second kappa shape index (κ2) is 4.62. The van der Waals surface area contributed by atoms with Crippen LogP contribution in [-0.4, -0.2) is 17.8 Å². The van der Waals surface area contributed by atoms with E-state index in [0.29, 0.717) is 12.8 Å². The average Bonchev–Trinajstić information content (AvgIpc) is 2.17. The molecule has 0 fully saturated rings. The summed E-state index contributed by atoms with van der Waals surface area (Å²) in [6.07, 6.45) is 1.09. The van der Waals surface area contributed by atoms with Crippen LogP contribution >= 0.6 is 0 Å². The minimum Gasteiger partial charge on any atom is -0.494 e. The van der Waals surface area contributed by atoms with Gasteiger partial charge < -0.3 is 9.84 Å². The highest BCUT2D eigenvalue weighted by Crippen LogP contribution is 2.22. The van der Waals surface area contributed by atoms with E-state index < -0.39 is 5.60 Å². The maximum absolute atomic E-state index is 13.3. The topological polar surface area (TPSA) is 29.5 Å². The Balaban J connectivity index is 2.84. The third-order valence-corrected chi connectivity index (χ3v) is 2.56. The molecule has 0 aliphatic rings. The lowest BCUT2D eigenvalue weighted by molar-refractivity contribution is 0.0564. The fraction of sp³-hybridized carbons (Fsp3) is 0.500. The molecule has 1 aromatic rings. The first-order valence-corrected chi connectivity index (χ1v) is 5.03. The molecule has 1 aromatic carbocycles. The molecule has 0 spiro atoms. The van der Waals surface area contributed by atoms with Crippen LogP contribution in [0.25, 0.3) is 0 Å². The van der Waals surface area contributed by atoms with Gasteiger partial charge in [0.2, 0.25) is 0 Å². The van der Waals surface area contributed by atoms with E-state index in [4.69, 9.17) is 4.74 Å². The number of aliphatic hydroxyl groups is 1. The van der Waals surface area contributed by atoms with Crippen molar-refractivity contribution < 1.29 is 14.2 Å². The van der Waals surface area contributed by atoms with Crippen molar-refractivity contribution in [3.8, 4) is 5.75 Å². The van der Waals surface area contributed by atoms with Crippen LogP contribution in [0.4, 0.5) is 4.39 Å². The van der Waals surface area contributed by atoms with Crippen molar-refractivity contribution in [2.75, 3.05) is 7.11 Å². The van der Waals surface area contributed by atoms with Gasteiger partial charge >= 0.3 is 0 Å². The summed E-state index contributed by atoms with van der Waals surface area (Å²) in [4.78, 5) is 0. The number of methoxy groups -OCH3 is 1. The molecule has 84 valence electrons. The van der Waals surface area contributed by atoms with Gasteiger partial charge in [-0.25, -0.2) is 4.39 Å². The second-order valence-electron chi connectivity index (χ2n) is 4.00. The highest BCUT2D eigenvalue weighted by atomic mass is 19.1. The molecule has 0 aliphatic heterocycles. The molecule has 1 unspecified atom stereocenters. The van der Waals surface area contributed by atoms with Crippen LogP contribution in [0.15, 0.2) is 18.2 Å². The highest BCUT2D eigenvalue weighted by Gasteiger charge is 2.18. The molecular formula is C12H17FO2. The molecule has 0 aromatic heterocycles. The van der Waals surface area contributed by atoms with Gasteiger partial charge in [-0.1, -0.05) is 13.0 Å². The lowest BCUT2D eigenvalue weighted by Gasteiger charge is -2.21. The molecular weight excluding hydrogens is 195 g/mol. The Morgan fingerprint density at radius 3 is 2.60 bits per heavy atom. The molecule has 0 amide bonds. The fourth-order valence-corrected chi connectivity index (χ4v) is 1.38. The van der Waals surface area contributed by atoms with E-state index in [0.717, 1.165) is 5.56 Å². The molecule has 0 heterocycles. The Kier molecular flexibility index (Phi) is 3.69. The Morgan fingerprint density at radius 2 is 2.13 bits per heavy atom. The number of benzene rings is 1. The number of hydrogen-bond acceptors (Lipinski definition) is 2. The van der Waals surface area contributed by atoms with Crippen LogP contribution in [0.1, 0.15) is 25.8 Å². The van der Waals surface area contributed by atoms with E-state index in [1.807, 2.05) is 6.92 Å². The zero-order valence-electron chi connectivity index (χ0n) is 9.38. The Morgan fingerprint density at radius 1 is 1.47 bits per heavy atom. The van der Waals surface area contributed by atoms with Gasteiger partial charge in [-0.15, -0.1) is 0 Å². The third-order valence-electron chi connectivity index (χ3n) is 2.56. The molecule has 1 N–H and O–H groups in total. The molecule has 0 bridgehead atoms. The van der Waals surface area contributed by atoms with Gasteiger partial charge in [0.15, 0.2) is 11.6 Å². The van der Waals surface area contributed by atoms with Crippen LogP contribution in [0.5, 0.6) is 5.75 Å². The fourth-order valence-electron chi connectivity index (χ4n) is 1.38. The lowest BCUT2D eigenvalue weighted by atomic mass is 9.94. The Hall–Kier alpha value is -1.09. The molecule has 2 nitrogen and oxygen atoms in total. The molecule has 3 heteroatoms. The van der Waals surface area contributed by atoms with E-state index in [9.17, 15) is 9.50 Å². The number of halogens is 1. The molecule has 0 aliphatic carbocycles. The maximum atomic E-state index is 13.3. The van der Waals surface area contributed by atoms with Crippen molar-refractivity contribution in [2.24, 2.45) is 0 Å². The summed E-state index contributed by atoms with van der Waals surface area (Å²) in [5.41, 5.74) is 0.00116. The summed E-state index contributed by atoms with van der Waals surface area (Å²) in [6, 6.07) is 4.76. The summed E-state index contributed by atoms with van der Waals surface area (Å²) in [5.74, 6) is -0.156. The average molecular weight is 212 g/mol. The Bertz CT molecular complexity index is 334. The summed E-state index contributed by atoms with van der Waals surface area (Å²) in [5, 5.41) is 9.84. The zero-order chi connectivity index (χ0) is 11.5. The van der Waals surface area contributed by atoms with Crippen molar-refractivity contribution in [1.29, 1.82) is 0 Å². The predicted octanol–water partition coefficient (Wildman–Crippen LogP) is 2.54. The second-order valence-corrected chi connectivity index (χ2v) is 4.00.